The first-order chi connectivity index (χ1) is 13.8. The minimum atomic E-state index is -3.51. The Morgan fingerprint density at radius 3 is 2.72 bits per heavy atom. The van der Waals surface area contributed by atoms with Gasteiger partial charge >= 0.3 is 0 Å². The van der Waals surface area contributed by atoms with Crippen LogP contribution in [0.25, 0.3) is 5.65 Å². The first-order valence-electron chi connectivity index (χ1n) is 9.69. The number of benzene rings is 1. The highest BCUT2D eigenvalue weighted by Crippen LogP contribution is 2.48. The highest BCUT2D eigenvalue weighted by molar-refractivity contribution is 7.89. The van der Waals surface area contributed by atoms with E-state index in [4.69, 9.17) is 5.73 Å². The minimum Gasteiger partial charge on any atom is -0.324 e. The second kappa shape index (κ2) is 6.48. The number of sulfonamides is 1. The first-order valence-corrected chi connectivity index (χ1v) is 11.1. The van der Waals surface area contributed by atoms with Gasteiger partial charge in [0.15, 0.2) is 5.78 Å². The number of Topliss-reactive ketones (excluding diaryl/α,β-unsaturated/α-hetero) is 1. The predicted octanol–water partition coefficient (Wildman–Crippen LogP) is 1.87. The molecule has 2 aliphatic rings. The van der Waals surface area contributed by atoms with E-state index < -0.39 is 10.0 Å². The fourth-order valence-corrected chi connectivity index (χ4v) is 5.69. The van der Waals surface area contributed by atoms with E-state index in [1.165, 1.54) is 4.31 Å². The SMILES string of the molecule is NC12CC1CN(S(=O)(=O)c1ccc(CCC(=O)c3ccc4nccn4c3)cc1)C2. The van der Waals surface area contributed by atoms with Crippen molar-refractivity contribution in [2.45, 2.75) is 29.7 Å². The molecule has 0 bridgehead atoms. The summed E-state index contributed by atoms with van der Waals surface area (Å²) in [6.07, 6.45) is 7.11. The number of piperidine rings is 1. The van der Waals surface area contributed by atoms with Gasteiger partial charge in [0.2, 0.25) is 10.0 Å². The van der Waals surface area contributed by atoms with E-state index in [9.17, 15) is 13.2 Å². The lowest BCUT2D eigenvalue weighted by molar-refractivity contribution is 0.0982. The Morgan fingerprint density at radius 2 is 2.00 bits per heavy atom. The quantitative estimate of drug-likeness (QED) is 0.626. The summed E-state index contributed by atoms with van der Waals surface area (Å²) in [4.78, 5) is 17.0. The number of hydrogen-bond acceptors (Lipinski definition) is 5. The molecule has 5 rings (SSSR count). The molecule has 8 heteroatoms. The summed E-state index contributed by atoms with van der Waals surface area (Å²) in [6.45, 7) is 0.911. The summed E-state index contributed by atoms with van der Waals surface area (Å²) in [5, 5.41) is 0. The second-order valence-electron chi connectivity index (χ2n) is 8.11. The van der Waals surface area contributed by atoms with E-state index in [-0.39, 0.29) is 16.2 Å². The molecule has 0 amide bonds. The Labute approximate surface area is 169 Å². The van der Waals surface area contributed by atoms with Crippen molar-refractivity contribution in [1.29, 1.82) is 0 Å². The minimum absolute atomic E-state index is 0.0434. The topological polar surface area (TPSA) is 97.8 Å². The summed E-state index contributed by atoms with van der Waals surface area (Å²) < 4.78 is 28.9. The van der Waals surface area contributed by atoms with Crippen LogP contribution in [0.3, 0.4) is 0 Å². The van der Waals surface area contributed by atoms with Crippen molar-refractivity contribution in [3.05, 3.63) is 66.1 Å². The lowest BCUT2D eigenvalue weighted by Crippen LogP contribution is -2.36. The molecular formula is C21H22N4O3S. The number of aryl methyl sites for hydroxylation is 1. The Bertz CT molecular complexity index is 1200. The Kier molecular flexibility index (Phi) is 4.13. The van der Waals surface area contributed by atoms with Gasteiger partial charge in [-0.25, -0.2) is 13.4 Å². The van der Waals surface area contributed by atoms with Gasteiger partial charge in [-0.1, -0.05) is 12.1 Å². The van der Waals surface area contributed by atoms with Gasteiger partial charge in [-0.2, -0.15) is 4.31 Å². The van der Waals surface area contributed by atoms with Crippen LogP contribution in [0.1, 0.15) is 28.8 Å². The highest BCUT2D eigenvalue weighted by Gasteiger charge is 2.59. The molecule has 2 fully saturated rings. The number of carbonyl (C=O) groups excluding carboxylic acids is 1. The zero-order chi connectivity index (χ0) is 20.2. The third-order valence-electron chi connectivity index (χ3n) is 6.09. The summed E-state index contributed by atoms with van der Waals surface area (Å²) in [5.41, 5.74) is 8.19. The first kappa shape index (κ1) is 18.5. The molecule has 3 heterocycles. The van der Waals surface area contributed by atoms with Crippen LogP contribution in [0, 0.1) is 5.92 Å². The van der Waals surface area contributed by atoms with Gasteiger partial charge in [0.1, 0.15) is 5.65 Å². The standard InChI is InChI=1S/C21H22N4O3S/c22-21-11-17(21)13-25(14-21)29(27,28)18-5-1-15(2-6-18)3-7-19(26)16-4-8-20-23-9-10-24(20)12-16/h1-2,4-6,8-10,12,17H,3,7,11,13-14,22H2. The molecule has 2 unspecified atom stereocenters. The van der Waals surface area contributed by atoms with Crippen LogP contribution in [0.4, 0.5) is 0 Å². The normalized spacial score (nSPS) is 24.0. The number of rotatable bonds is 6. The molecule has 0 radical (unpaired) electrons. The third kappa shape index (κ3) is 3.27. The molecule has 2 atom stereocenters. The number of hydrogen-bond donors (Lipinski definition) is 1. The second-order valence-corrected chi connectivity index (χ2v) is 10.0. The number of imidazole rings is 1. The molecule has 2 aromatic heterocycles. The zero-order valence-electron chi connectivity index (χ0n) is 15.9. The fourth-order valence-electron chi connectivity index (χ4n) is 4.13. The zero-order valence-corrected chi connectivity index (χ0v) is 16.7. The number of carbonyl (C=O) groups is 1. The van der Waals surface area contributed by atoms with Gasteiger partial charge in [0.25, 0.3) is 0 Å². The molecule has 1 saturated carbocycles. The van der Waals surface area contributed by atoms with E-state index in [0.29, 0.717) is 37.4 Å². The Hall–Kier alpha value is -2.55. The van der Waals surface area contributed by atoms with Crippen LogP contribution in [-0.4, -0.2) is 46.5 Å². The molecule has 1 aromatic carbocycles. The summed E-state index contributed by atoms with van der Waals surface area (Å²) in [6, 6.07) is 10.4. The molecule has 1 aliphatic carbocycles. The summed E-state index contributed by atoms with van der Waals surface area (Å²) >= 11 is 0. The number of nitrogens with zero attached hydrogens (tertiary/aromatic N) is 3. The number of pyridine rings is 1. The van der Waals surface area contributed by atoms with Crippen LogP contribution in [0.5, 0.6) is 0 Å². The molecule has 29 heavy (non-hydrogen) atoms. The van der Waals surface area contributed by atoms with Crippen molar-refractivity contribution in [2.24, 2.45) is 11.7 Å². The molecule has 7 nitrogen and oxygen atoms in total. The van der Waals surface area contributed by atoms with Gasteiger partial charge in [-0.05, 0) is 48.6 Å². The van der Waals surface area contributed by atoms with E-state index in [0.717, 1.165) is 17.6 Å². The van der Waals surface area contributed by atoms with Crippen molar-refractivity contribution in [3.63, 3.8) is 0 Å². The maximum Gasteiger partial charge on any atom is 0.243 e. The predicted molar refractivity (Wildman–Crippen MR) is 108 cm³/mol. The van der Waals surface area contributed by atoms with Gasteiger partial charge in [0, 0.05) is 49.2 Å². The van der Waals surface area contributed by atoms with Crippen molar-refractivity contribution in [2.75, 3.05) is 13.1 Å². The van der Waals surface area contributed by atoms with Gasteiger partial charge in [-0.3, -0.25) is 4.79 Å². The highest BCUT2D eigenvalue weighted by atomic mass is 32.2. The molecule has 3 aromatic rings. The number of ketones is 1. The van der Waals surface area contributed by atoms with E-state index in [2.05, 4.69) is 4.98 Å². The molecule has 1 aliphatic heterocycles. The van der Waals surface area contributed by atoms with Crippen LogP contribution >= 0.6 is 0 Å². The van der Waals surface area contributed by atoms with E-state index in [1.54, 1.807) is 42.7 Å². The number of aromatic nitrogens is 2. The molecule has 2 N–H and O–H groups in total. The van der Waals surface area contributed by atoms with Gasteiger partial charge in [-0.15, -0.1) is 0 Å². The average Bonchev–Trinajstić information content (AvgIpc) is 3.06. The van der Waals surface area contributed by atoms with Gasteiger partial charge < -0.3 is 10.1 Å². The fraction of sp³-hybridized carbons (Fsp3) is 0.333. The van der Waals surface area contributed by atoms with Crippen molar-refractivity contribution < 1.29 is 13.2 Å². The van der Waals surface area contributed by atoms with Crippen molar-refractivity contribution >= 4 is 21.5 Å². The lowest BCUT2D eigenvalue weighted by Gasteiger charge is -2.19. The maximum absolute atomic E-state index is 12.8. The average molecular weight is 410 g/mol. The van der Waals surface area contributed by atoms with E-state index in [1.807, 2.05) is 16.7 Å². The molecule has 150 valence electrons. The third-order valence-corrected chi connectivity index (χ3v) is 7.91. The largest absolute Gasteiger partial charge is 0.324 e. The van der Waals surface area contributed by atoms with Crippen LogP contribution in [0.15, 0.2) is 59.9 Å². The van der Waals surface area contributed by atoms with Crippen LogP contribution in [-0.2, 0) is 16.4 Å². The molecule has 1 saturated heterocycles. The number of nitrogens with two attached hydrogens (primary N) is 1. The van der Waals surface area contributed by atoms with E-state index >= 15 is 0 Å². The monoisotopic (exact) mass is 410 g/mol. The van der Waals surface area contributed by atoms with Crippen LogP contribution in [0.2, 0.25) is 0 Å². The molecule has 0 spiro atoms. The molecular weight excluding hydrogens is 388 g/mol. The smallest absolute Gasteiger partial charge is 0.243 e. The van der Waals surface area contributed by atoms with Crippen molar-refractivity contribution in [1.82, 2.24) is 13.7 Å². The summed E-state index contributed by atoms with van der Waals surface area (Å²) in [7, 11) is -3.51. The number of fused-ring (bicyclic) bond motifs is 2. The van der Waals surface area contributed by atoms with Crippen LogP contribution < -0.4 is 5.73 Å². The Morgan fingerprint density at radius 1 is 1.21 bits per heavy atom. The van der Waals surface area contributed by atoms with Gasteiger partial charge in [0.05, 0.1) is 4.90 Å². The Balaban J connectivity index is 1.24. The van der Waals surface area contributed by atoms with Crippen molar-refractivity contribution in [3.8, 4) is 0 Å². The maximum atomic E-state index is 12.8. The lowest BCUT2D eigenvalue weighted by atomic mass is 10.0. The summed E-state index contributed by atoms with van der Waals surface area (Å²) in [5.74, 6) is 0.339.